The van der Waals surface area contributed by atoms with Crippen molar-refractivity contribution < 1.29 is 13.9 Å². The molecule has 7 heteroatoms. The lowest BCUT2D eigenvalue weighted by molar-refractivity contribution is 0.475. The highest BCUT2D eigenvalue weighted by molar-refractivity contribution is 6.02. The van der Waals surface area contributed by atoms with E-state index in [0.29, 0.717) is 40.8 Å². The van der Waals surface area contributed by atoms with Gasteiger partial charge in [-0.1, -0.05) is 18.2 Å². The molecule has 0 aliphatic carbocycles. The Hall–Kier alpha value is -4.02. The minimum Gasteiger partial charge on any atom is -0.506 e. The quantitative estimate of drug-likeness (QED) is 0.404. The van der Waals surface area contributed by atoms with E-state index in [1.165, 1.54) is 18.2 Å². The molecular formula is C28H24F2N4O. The molecule has 1 aliphatic heterocycles. The highest BCUT2D eigenvalue weighted by Gasteiger charge is 2.26. The van der Waals surface area contributed by atoms with Gasteiger partial charge in [-0.2, -0.15) is 5.26 Å². The van der Waals surface area contributed by atoms with Crippen LogP contribution in [0.4, 0.5) is 14.5 Å². The predicted octanol–water partition coefficient (Wildman–Crippen LogP) is 5.66. The van der Waals surface area contributed by atoms with Crippen molar-refractivity contribution in [2.75, 3.05) is 18.0 Å². The second kappa shape index (κ2) is 8.97. The number of phenolic OH excluding ortho intramolecular Hbond substituents is 1. The smallest absolute Gasteiger partial charge is 0.142 e. The maximum absolute atomic E-state index is 16.4. The molecule has 2 heterocycles. The van der Waals surface area contributed by atoms with Gasteiger partial charge in [0.1, 0.15) is 23.5 Å². The molecule has 0 radical (unpaired) electrons. The van der Waals surface area contributed by atoms with Gasteiger partial charge in [-0.3, -0.25) is 4.98 Å². The van der Waals surface area contributed by atoms with Crippen LogP contribution < -0.4 is 10.6 Å². The van der Waals surface area contributed by atoms with Crippen molar-refractivity contribution >= 4 is 16.6 Å². The topological polar surface area (TPSA) is 86.2 Å². The Balaban J connectivity index is 1.81. The van der Waals surface area contributed by atoms with Crippen LogP contribution in [0.15, 0.2) is 54.7 Å². The van der Waals surface area contributed by atoms with Crippen LogP contribution >= 0.6 is 0 Å². The number of aromatic nitrogens is 1. The number of hydrogen-bond acceptors (Lipinski definition) is 5. The predicted molar refractivity (Wildman–Crippen MR) is 133 cm³/mol. The standard InChI is InChI=1S/C28H24F2N4O/c1-16-11-18(13-19(29)12-16)23-15-33-24-6-5-21(22-4-2-3-17(14-31)28(22)35)26(30)25(24)27(23)34-9-7-20(32)8-10-34/h2-6,11-13,15,20,35H,7-10,32H2,1H3. The van der Waals surface area contributed by atoms with Crippen molar-refractivity contribution in [1.29, 1.82) is 5.26 Å². The van der Waals surface area contributed by atoms with Gasteiger partial charge in [-0.05, 0) is 61.2 Å². The van der Waals surface area contributed by atoms with E-state index in [2.05, 4.69) is 9.88 Å². The molecule has 0 atom stereocenters. The van der Waals surface area contributed by atoms with Gasteiger partial charge in [0.25, 0.3) is 0 Å². The molecular weight excluding hydrogens is 446 g/mol. The number of piperidine rings is 1. The van der Waals surface area contributed by atoms with E-state index in [1.54, 1.807) is 30.5 Å². The maximum atomic E-state index is 16.4. The number of aromatic hydroxyl groups is 1. The Morgan fingerprint density at radius 3 is 2.54 bits per heavy atom. The van der Waals surface area contributed by atoms with E-state index in [-0.39, 0.29) is 34.3 Å². The van der Waals surface area contributed by atoms with Gasteiger partial charge in [-0.15, -0.1) is 0 Å². The fourth-order valence-electron chi connectivity index (χ4n) is 4.84. The molecule has 5 nitrogen and oxygen atoms in total. The second-order valence-electron chi connectivity index (χ2n) is 9.00. The number of benzene rings is 3. The largest absolute Gasteiger partial charge is 0.506 e. The van der Waals surface area contributed by atoms with Gasteiger partial charge in [0.05, 0.1) is 22.2 Å². The zero-order valence-corrected chi connectivity index (χ0v) is 19.2. The lowest BCUT2D eigenvalue weighted by Crippen LogP contribution is -2.40. The van der Waals surface area contributed by atoms with Gasteiger partial charge in [0, 0.05) is 42.0 Å². The van der Waals surface area contributed by atoms with Gasteiger partial charge in [-0.25, -0.2) is 8.78 Å². The number of nitriles is 1. The number of para-hydroxylation sites is 1. The van der Waals surface area contributed by atoms with Crippen molar-refractivity contribution in [3.63, 3.8) is 0 Å². The van der Waals surface area contributed by atoms with Crippen LogP contribution in [0.2, 0.25) is 0 Å². The number of nitrogens with two attached hydrogens (primary N) is 1. The van der Waals surface area contributed by atoms with Crippen LogP contribution in [0.5, 0.6) is 5.75 Å². The van der Waals surface area contributed by atoms with Crippen molar-refractivity contribution in [3.05, 3.63) is 77.5 Å². The van der Waals surface area contributed by atoms with Gasteiger partial charge in [0.15, 0.2) is 0 Å². The third-order valence-corrected chi connectivity index (χ3v) is 6.60. The number of hydrogen-bond donors (Lipinski definition) is 2. The van der Waals surface area contributed by atoms with Gasteiger partial charge in [0.2, 0.25) is 0 Å². The van der Waals surface area contributed by atoms with E-state index >= 15 is 4.39 Å². The van der Waals surface area contributed by atoms with E-state index in [4.69, 9.17) is 5.73 Å². The van der Waals surface area contributed by atoms with Gasteiger partial charge >= 0.3 is 0 Å². The third-order valence-electron chi connectivity index (χ3n) is 6.60. The second-order valence-corrected chi connectivity index (χ2v) is 9.00. The Kier molecular flexibility index (Phi) is 5.83. The van der Waals surface area contributed by atoms with Crippen LogP contribution in [0, 0.1) is 29.9 Å². The lowest BCUT2D eigenvalue weighted by atomic mass is 9.94. The Morgan fingerprint density at radius 2 is 1.83 bits per heavy atom. The normalized spacial score (nSPS) is 14.3. The third kappa shape index (κ3) is 4.07. The summed E-state index contributed by atoms with van der Waals surface area (Å²) < 4.78 is 30.7. The van der Waals surface area contributed by atoms with Crippen LogP contribution in [0.1, 0.15) is 24.0 Å². The first kappa shape index (κ1) is 22.8. The number of nitrogens with zero attached hydrogens (tertiary/aromatic N) is 3. The van der Waals surface area contributed by atoms with Crippen LogP contribution in [0.3, 0.4) is 0 Å². The SMILES string of the molecule is Cc1cc(F)cc(-c2cnc3ccc(-c4cccc(C#N)c4O)c(F)c3c2N2CCC(N)CC2)c1. The zero-order chi connectivity index (χ0) is 24.7. The van der Waals surface area contributed by atoms with Crippen molar-refractivity contribution in [2.45, 2.75) is 25.8 Å². The van der Waals surface area contributed by atoms with E-state index in [0.717, 1.165) is 18.4 Å². The monoisotopic (exact) mass is 470 g/mol. The molecule has 35 heavy (non-hydrogen) atoms. The molecule has 0 bridgehead atoms. The number of halogens is 2. The molecule has 0 unspecified atom stereocenters. The Labute approximate surface area is 202 Å². The molecule has 0 amide bonds. The highest BCUT2D eigenvalue weighted by atomic mass is 19.1. The summed E-state index contributed by atoms with van der Waals surface area (Å²) in [5.41, 5.74) is 9.65. The summed E-state index contributed by atoms with van der Waals surface area (Å²) in [6, 6.07) is 14.7. The molecule has 5 rings (SSSR count). The maximum Gasteiger partial charge on any atom is 0.142 e. The van der Waals surface area contributed by atoms with Crippen molar-refractivity contribution in [2.24, 2.45) is 5.73 Å². The molecule has 0 spiro atoms. The van der Waals surface area contributed by atoms with Crippen molar-refractivity contribution in [3.8, 4) is 34.1 Å². The minimum absolute atomic E-state index is 0.0642. The lowest BCUT2D eigenvalue weighted by Gasteiger charge is -2.34. The Morgan fingerprint density at radius 1 is 1.06 bits per heavy atom. The summed E-state index contributed by atoms with van der Waals surface area (Å²) in [5.74, 6) is -1.21. The van der Waals surface area contributed by atoms with Crippen LogP contribution in [-0.2, 0) is 0 Å². The molecule has 1 fully saturated rings. The Bertz CT molecular complexity index is 1470. The van der Waals surface area contributed by atoms with E-state index < -0.39 is 5.82 Å². The molecule has 176 valence electrons. The van der Waals surface area contributed by atoms with Crippen LogP contribution in [-0.4, -0.2) is 29.2 Å². The summed E-state index contributed by atoms with van der Waals surface area (Å²) in [7, 11) is 0. The first-order valence-electron chi connectivity index (χ1n) is 11.5. The highest BCUT2D eigenvalue weighted by Crippen LogP contribution is 2.43. The van der Waals surface area contributed by atoms with E-state index in [9.17, 15) is 14.8 Å². The summed E-state index contributed by atoms with van der Waals surface area (Å²) in [4.78, 5) is 6.60. The molecule has 0 saturated carbocycles. The van der Waals surface area contributed by atoms with Crippen molar-refractivity contribution in [1.82, 2.24) is 4.98 Å². The molecule has 1 aliphatic rings. The average Bonchev–Trinajstić information content (AvgIpc) is 2.84. The number of aryl methyl sites for hydroxylation is 1. The molecule has 3 aromatic carbocycles. The number of phenols is 1. The van der Waals surface area contributed by atoms with Gasteiger partial charge < -0.3 is 15.7 Å². The number of rotatable bonds is 3. The summed E-state index contributed by atoms with van der Waals surface area (Å²) in [5, 5.41) is 20.2. The van der Waals surface area contributed by atoms with E-state index in [1.807, 2.05) is 19.1 Å². The first-order valence-corrected chi connectivity index (χ1v) is 11.5. The fraction of sp³-hybridized carbons (Fsp3) is 0.214. The minimum atomic E-state index is -0.555. The number of anilines is 1. The number of pyridine rings is 1. The zero-order valence-electron chi connectivity index (χ0n) is 19.2. The van der Waals surface area contributed by atoms with Crippen LogP contribution in [0.25, 0.3) is 33.2 Å². The summed E-state index contributed by atoms with van der Waals surface area (Å²) in [6.07, 6.45) is 3.16. The summed E-state index contributed by atoms with van der Waals surface area (Å²) in [6.45, 7) is 3.06. The fourth-order valence-corrected chi connectivity index (χ4v) is 4.84. The molecule has 4 aromatic rings. The average molecular weight is 471 g/mol. The molecule has 1 aromatic heterocycles. The summed E-state index contributed by atoms with van der Waals surface area (Å²) >= 11 is 0. The first-order chi connectivity index (χ1) is 16.9. The molecule has 1 saturated heterocycles. The number of fused-ring (bicyclic) bond motifs is 1. The molecule has 3 N–H and O–H groups in total.